The molecule has 4 aliphatic rings. The maximum absolute atomic E-state index is 12.8. The van der Waals surface area contributed by atoms with Crippen LogP contribution in [0, 0.1) is 23.2 Å². The van der Waals surface area contributed by atoms with Gasteiger partial charge in [-0.25, -0.2) is 0 Å². The first-order chi connectivity index (χ1) is 14.4. The van der Waals surface area contributed by atoms with Gasteiger partial charge in [0, 0.05) is 38.6 Å². The predicted octanol–water partition coefficient (Wildman–Crippen LogP) is 3.35. The Balaban J connectivity index is 1.25. The number of furan rings is 1. The molecule has 0 spiro atoms. The normalized spacial score (nSPS) is 36.7. The highest BCUT2D eigenvalue weighted by atomic mass is 16.6. The summed E-state index contributed by atoms with van der Waals surface area (Å²) < 4.78 is 11.1. The Morgan fingerprint density at radius 1 is 1.27 bits per heavy atom. The van der Waals surface area contributed by atoms with Crippen LogP contribution in [-0.2, 0) is 9.53 Å². The zero-order valence-corrected chi connectivity index (χ0v) is 18.0. The number of rotatable bonds is 3. The maximum Gasteiger partial charge on any atom is 0.311 e. The summed E-state index contributed by atoms with van der Waals surface area (Å²) >= 11 is 0. The molecule has 0 bridgehead atoms. The maximum atomic E-state index is 12.8. The second-order valence-electron chi connectivity index (χ2n) is 9.91. The quantitative estimate of drug-likeness (QED) is 0.563. The Kier molecular flexibility index (Phi) is 5.00. The molecule has 30 heavy (non-hydrogen) atoms. The van der Waals surface area contributed by atoms with Crippen LogP contribution in [0.4, 0.5) is 0 Å². The van der Waals surface area contributed by atoms with Gasteiger partial charge in [0.1, 0.15) is 6.10 Å². The monoisotopic (exact) mass is 412 g/mol. The van der Waals surface area contributed by atoms with Crippen molar-refractivity contribution >= 4 is 11.9 Å². The minimum atomic E-state index is -0.0894. The Hall–Kier alpha value is -2.08. The zero-order valence-electron chi connectivity index (χ0n) is 18.0. The van der Waals surface area contributed by atoms with Gasteiger partial charge in [-0.05, 0) is 42.7 Å². The molecule has 1 aromatic heterocycles. The van der Waals surface area contributed by atoms with E-state index < -0.39 is 0 Å². The fraction of sp³-hybridized carbons (Fsp3) is 0.667. The fourth-order valence-electron chi connectivity index (χ4n) is 6.23. The SMILES string of the molecule is C[C@@H]1CCC[C@]2(C)C[C@H]3OC(=O)[C@@H](CN4CCN(C(=O)c5ccco5)CC4)[C@H]3C=C12. The first kappa shape index (κ1) is 19.9. The average molecular weight is 413 g/mol. The summed E-state index contributed by atoms with van der Waals surface area (Å²) in [5, 5.41) is 0. The number of fused-ring (bicyclic) bond motifs is 2. The second kappa shape index (κ2) is 7.56. The number of allylic oxidation sites excluding steroid dienone is 1. The average Bonchev–Trinajstić information content (AvgIpc) is 3.35. The van der Waals surface area contributed by atoms with Gasteiger partial charge in [-0.1, -0.05) is 31.9 Å². The molecule has 2 aliphatic heterocycles. The Bertz CT molecular complexity index is 839. The first-order valence-electron chi connectivity index (χ1n) is 11.4. The standard InChI is InChI=1S/C24H32N2O4/c1-16-5-3-7-24(2)14-21-17(13-19(16)24)18(23(28)30-21)15-25-8-10-26(11-9-25)22(27)20-6-4-12-29-20/h4,6,12-13,16-18,21H,3,5,7-11,14-15H2,1-2H3/t16-,17-,18+,21-,24-/m1/s1. The van der Waals surface area contributed by atoms with Crippen LogP contribution in [0.2, 0.25) is 0 Å². The molecule has 3 heterocycles. The molecule has 2 aliphatic carbocycles. The van der Waals surface area contributed by atoms with Gasteiger partial charge in [0.25, 0.3) is 5.91 Å². The molecule has 1 amide bonds. The number of hydrogen-bond donors (Lipinski definition) is 0. The number of hydrogen-bond acceptors (Lipinski definition) is 5. The van der Waals surface area contributed by atoms with E-state index in [9.17, 15) is 9.59 Å². The minimum absolute atomic E-state index is 0.0309. The molecule has 1 saturated carbocycles. The van der Waals surface area contributed by atoms with E-state index in [0.717, 1.165) is 26.1 Å². The smallest absolute Gasteiger partial charge is 0.311 e. The summed E-state index contributed by atoms with van der Waals surface area (Å²) in [7, 11) is 0. The Labute approximate surface area is 178 Å². The summed E-state index contributed by atoms with van der Waals surface area (Å²) in [6, 6.07) is 3.45. The zero-order chi connectivity index (χ0) is 20.9. The summed E-state index contributed by atoms with van der Waals surface area (Å²) in [6.45, 7) is 8.29. The molecule has 5 atom stereocenters. The van der Waals surface area contributed by atoms with E-state index in [-0.39, 0.29) is 35.2 Å². The highest BCUT2D eigenvalue weighted by Gasteiger charge is 2.52. The van der Waals surface area contributed by atoms with Crippen LogP contribution < -0.4 is 0 Å². The summed E-state index contributed by atoms with van der Waals surface area (Å²) in [5.74, 6) is 1.02. The number of esters is 1. The molecule has 5 rings (SSSR count). The number of ether oxygens (including phenoxy) is 1. The number of carbonyl (C=O) groups excluding carboxylic acids is 2. The van der Waals surface area contributed by atoms with Crippen LogP contribution in [0.5, 0.6) is 0 Å². The van der Waals surface area contributed by atoms with Crippen molar-refractivity contribution in [3.63, 3.8) is 0 Å². The van der Waals surface area contributed by atoms with Gasteiger partial charge in [-0.15, -0.1) is 0 Å². The molecule has 0 radical (unpaired) electrons. The van der Waals surface area contributed by atoms with E-state index in [1.54, 1.807) is 17.7 Å². The molecule has 6 nitrogen and oxygen atoms in total. The van der Waals surface area contributed by atoms with Gasteiger partial charge in [-0.3, -0.25) is 14.5 Å². The van der Waals surface area contributed by atoms with Crippen molar-refractivity contribution in [3.05, 3.63) is 35.8 Å². The van der Waals surface area contributed by atoms with Crippen molar-refractivity contribution in [1.29, 1.82) is 0 Å². The fourth-order valence-corrected chi connectivity index (χ4v) is 6.23. The topological polar surface area (TPSA) is 63.0 Å². The van der Waals surface area contributed by atoms with Crippen LogP contribution in [0.1, 0.15) is 50.1 Å². The lowest BCUT2D eigenvalue weighted by Crippen LogP contribution is -2.50. The highest BCUT2D eigenvalue weighted by Crippen LogP contribution is 2.54. The molecule has 2 saturated heterocycles. The van der Waals surface area contributed by atoms with E-state index >= 15 is 0 Å². The van der Waals surface area contributed by atoms with Crippen LogP contribution in [0.3, 0.4) is 0 Å². The van der Waals surface area contributed by atoms with Crippen LogP contribution in [-0.4, -0.2) is 60.5 Å². The van der Waals surface area contributed by atoms with Gasteiger partial charge < -0.3 is 14.1 Å². The number of nitrogens with zero attached hydrogens (tertiary/aromatic N) is 2. The van der Waals surface area contributed by atoms with E-state index in [1.165, 1.54) is 25.5 Å². The molecule has 6 heteroatoms. The lowest BCUT2D eigenvalue weighted by atomic mass is 9.59. The van der Waals surface area contributed by atoms with Crippen molar-refractivity contribution in [3.8, 4) is 0 Å². The molecule has 162 valence electrons. The third-order valence-corrected chi connectivity index (χ3v) is 7.93. The molecular formula is C24H32N2O4. The van der Waals surface area contributed by atoms with Gasteiger partial charge in [0.2, 0.25) is 0 Å². The first-order valence-corrected chi connectivity index (χ1v) is 11.4. The lowest BCUT2D eigenvalue weighted by molar-refractivity contribution is -0.145. The van der Waals surface area contributed by atoms with Crippen LogP contribution in [0.15, 0.2) is 34.5 Å². The van der Waals surface area contributed by atoms with Gasteiger partial charge in [0.05, 0.1) is 12.2 Å². The second-order valence-corrected chi connectivity index (χ2v) is 9.91. The highest BCUT2D eigenvalue weighted by molar-refractivity contribution is 5.91. The summed E-state index contributed by atoms with van der Waals surface area (Å²) in [5.41, 5.74) is 1.76. The molecule has 0 aromatic carbocycles. The van der Waals surface area contributed by atoms with Crippen molar-refractivity contribution in [2.75, 3.05) is 32.7 Å². The van der Waals surface area contributed by atoms with Crippen LogP contribution >= 0.6 is 0 Å². The minimum Gasteiger partial charge on any atom is -0.461 e. The number of carbonyl (C=O) groups is 2. The molecule has 3 fully saturated rings. The van der Waals surface area contributed by atoms with Gasteiger partial charge in [0.15, 0.2) is 5.76 Å². The van der Waals surface area contributed by atoms with E-state index in [4.69, 9.17) is 9.15 Å². The third-order valence-electron chi connectivity index (χ3n) is 7.93. The van der Waals surface area contributed by atoms with Crippen molar-refractivity contribution in [2.45, 2.75) is 45.6 Å². The van der Waals surface area contributed by atoms with Crippen molar-refractivity contribution < 1.29 is 18.7 Å². The van der Waals surface area contributed by atoms with E-state index in [1.807, 2.05) is 4.90 Å². The van der Waals surface area contributed by atoms with E-state index in [2.05, 4.69) is 24.8 Å². The number of piperazine rings is 1. The largest absolute Gasteiger partial charge is 0.461 e. The molecule has 0 N–H and O–H groups in total. The third kappa shape index (κ3) is 3.39. The van der Waals surface area contributed by atoms with Gasteiger partial charge in [-0.2, -0.15) is 0 Å². The van der Waals surface area contributed by atoms with E-state index in [0.29, 0.717) is 24.8 Å². The summed E-state index contributed by atoms with van der Waals surface area (Å²) in [6.07, 6.45) is 8.69. The molecule has 0 unspecified atom stereocenters. The molecular weight excluding hydrogens is 380 g/mol. The predicted molar refractivity (Wildman–Crippen MR) is 112 cm³/mol. The lowest BCUT2D eigenvalue weighted by Gasteiger charge is -2.46. The van der Waals surface area contributed by atoms with Crippen molar-refractivity contribution in [1.82, 2.24) is 9.80 Å². The van der Waals surface area contributed by atoms with Crippen molar-refractivity contribution in [2.24, 2.45) is 23.2 Å². The Morgan fingerprint density at radius 2 is 2.07 bits per heavy atom. The Morgan fingerprint density at radius 3 is 2.80 bits per heavy atom. The van der Waals surface area contributed by atoms with Crippen LogP contribution in [0.25, 0.3) is 0 Å². The summed E-state index contributed by atoms with van der Waals surface area (Å²) in [4.78, 5) is 29.4. The molecule has 1 aromatic rings. The van der Waals surface area contributed by atoms with Gasteiger partial charge >= 0.3 is 5.97 Å². The number of amides is 1.